The van der Waals surface area contributed by atoms with E-state index in [0.717, 1.165) is 5.56 Å². The van der Waals surface area contributed by atoms with E-state index in [1.54, 1.807) is 53.6 Å². The van der Waals surface area contributed by atoms with Gasteiger partial charge in [-0.05, 0) is 53.1 Å². The summed E-state index contributed by atoms with van der Waals surface area (Å²) in [5, 5.41) is 4.52. The SMILES string of the molecule is CSc1sc(I)cc1C=NNC(=O)c1cccc(Cl)c1. The molecule has 0 aliphatic heterocycles. The summed E-state index contributed by atoms with van der Waals surface area (Å²) >= 11 is 11.5. The predicted octanol–water partition coefficient (Wildman–Crippen LogP) is 4.49. The smallest absolute Gasteiger partial charge is 0.267 e. The maximum atomic E-state index is 11.9. The number of nitrogens with one attached hydrogen (secondary N) is 1. The summed E-state index contributed by atoms with van der Waals surface area (Å²) in [4.78, 5) is 11.9. The average molecular weight is 437 g/mol. The van der Waals surface area contributed by atoms with Crippen LogP contribution in [0.2, 0.25) is 5.02 Å². The summed E-state index contributed by atoms with van der Waals surface area (Å²) < 4.78 is 2.37. The van der Waals surface area contributed by atoms with Gasteiger partial charge in [-0.15, -0.1) is 23.1 Å². The maximum absolute atomic E-state index is 11.9. The Kier molecular flexibility index (Phi) is 5.88. The van der Waals surface area contributed by atoms with Crippen LogP contribution in [0.15, 0.2) is 39.6 Å². The second kappa shape index (κ2) is 7.44. The molecule has 0 bridgehead atoms. The Morgan fingerprint density at radius 1 is 1.50 bits per heavy atom. The third kappa shape index (κ3) is 4.21. The zero-order valence-electron chi connectivity index (χ0n) is 10.4. The molecule has 0 unspecified atom stereocenters. The van der Waals surface area contributed by atoms with Crippen LogP contribution in [0.3, 0.4) is 0 Å². The standard InChI is InChI=1S/C13H10ClIN2OS2/c1-19-13-9(6-11(15)20-13)7-16-17-12(18)8-3-2-4-10(14)5-8/h2-7H,1H3,(H,17,18). The average Bonchev–Trinajstić information content (AvgIpc) is 2.79. The molecule has 0 spiro atoms. The van der Waals surface area contributed by atoms with E-state index in [4.69, 9.17) is 11.6 Å². The van der Waals surface area contributed by atoms with Gasteiger partial charge in [0.25, 0.3) is 5.91 Å². The van der Waals surface area contributed by atoms with Crippen molar-refractivity contribution in [3.05, 3.63) is 49.4 Å². The highest BCUT2D eigenvalue weighted by atomic mass is 127. The van der Waals surface area contributed by atoms with E-state index in [9.17, 15) is 4.79 Å². The van der Waals surface area contributed by atoms with Crippen LogP contribution >= 0.6 is 57.3 Å². The van der Waals surface area contributed by atoms with Crippen LogP contribution in [0.5, 0.6) is 0 Å². The van der Waals surface area contributed by atoms with Crippen molar-refractivity contribution in [1.82, 2.24) is 5.43 Å². The maximum Gasteiger partial charge on any atom is 0.271 e. The number of halogens is 2. The van der Waals surface area contributed by atoms with Crippen molar-refractivity contribution in [2.45, 2.75) is 4.21 Å². The number of thiophene rings is 1. The lowest BCUT2D eigenvalue weighted by molar-refractivity contribution is 0.0955. The zero-order valence-corrected chi connectivity index (χ0v) is 14.9. The molecular formula is C13H10ClIN2OS2. The van der Waals surface area contributed by atoms with Crippen LogP contribution in [0.4, 0.5) is 0 Å². The Bertz CT molecular complexity index is 658. The first-order valence-corrected chi connectivity index (χ1v) is 9.02. The molecule has 0 aliphatic rings. The van der Waals surface area contributed by atoms with Gasteiger partial charge in [0.05, 0.1) is 13.3 Å². The second-order valence-corrected chi connectivity index (χ2v) is 8.16. The number of rotatable bonds is 4. The number of nitrogens with zero attached hydrogens (tertiary/aromatic N) is 1. The number of carbonyl (C=O) groups excluding carboxylic acids is 1. The van der Waals surface area contributed by atoms with Crippen molar-refractivity contribution in [3.8, 4) is 0 Å². The number of carbonyl (C=O) groups is 1. The third-order valence-corrected chi connectivity index (χ3v) is 5.63. The number of thioether (sulfide) groups is 1. The molecule has 3 nitrogen and oxygen atoms in total. The lowest BCUT2D eigenvalue weighted by Gasteiger charge is -2.00. The summed E-state index contributed by atoms with van der Waals surface area (Å²) in [6, 6.07) is 8.78. The molecule has 104 valence electrons. The minimum atomic E-state index is -0.278. The Morgan fingerprint density at radius 2 is 2.30 bits per heavy atom. The summed E-state index contributed by atoms with van der Waals surface area (Å²) in [5.74, 6) is -0.278. The van der Waals surface area contributed by atoms with Gasteiger partial charge < -0.3 is 0 Å². The molecule has 1 heterocycles. The van der Waals surface area contributed by atoms with Crippen LogP contribution in [0, 0.1) is 2.88 Å². The van der Waals surface area contributed by atoms with Crippen molar-refractivity contribution in [2.75, 3.05) is 6.26 Å². The minimum absolute atomic E-state index is 0.278. The molecule has 1 N–H and O–H groups in total. The van der Waals surface area contributed by atoms with Crippen LogP contribution < -0.4 is 5.43 Å². The largest absolute Gasteiger partial charge is 0.271 e. The number of amides is 1. The Morgan fingerprint density at radius 3 is 3.00 bits per heavy atom. The molecule has 1 aromatic carbocycles. The third-order valence-electron chi connectivity index (χ3n) is 2.34. The van der Waals surface area contributed by atoms with Crippen molar-refractivity contribution in [2.24, 2.45) is 5.10 Å². The van der Waals surface area contributed by atoms with Gasteiger partial charge in [-0.3, -0.25) is 4.79 Å². The summed E-state index contributed by atoms with van der Waals surface area (Å²) in [6.07, 6.45) is 3.68. The molecule has 0 saturated carbocycles. The molecule has 0 atom stereocenters. The summed E-state index contributed by atoms with van der Waals surface area (Å²) in [6.45, 7) is 0. The van der Waals surface area contributed by atoms with Gasteiger partial charge in [-0.25, -0.2) is 5.43 Å². The molecule has 0 fully saturated rings. The monoisotopic (exact) mass is 436 g/mol. The first-order valence-electron chi connectivity index (χ1n) is 5.52. The van der Waals surface area contributed by atoms with Crippen molar-refractivity contribution < 1.29 is 4.79 Å². The van der Waals surface area contributed by atoms with Crippen LogP contribution in [0.1, 0.15) is 15.9 Å². The van der Waals surface area contributed by atoms with Crippen molar-refractivity contribution in [3.63, 3.8) is 0 Å². The zero-order chi connectivity index (χ0) is 14.5. The van der Waals surface area contributed by atoms with Crippen molar-refractivity contribution >= 4 is 69.4 Å². The van der Waals surface area contributed by atoms with Crippen LogP contribution in [0.25, 0.3) is 0 Å². The molecular weight excluding hydrogens is 427 g/mol. The van der Waals surface area contributed by atoms with Gasteiger partial charge in [0.15, 0.2) is 0 Å². The van der Waals surface area contributed by atoms with Gasteiger partial charge >= 0.3 is 0 Å². The van der Waals surface area contributed by atoms with Gasteiger partial charge in [-0.1, -0.05) is 17.7 Å². The molecule has 2 aromatic rings. The van der Waals surface area contributed by atoms with E-state index in [2.05, 4.69) is 33.1 Å². The molecule has 0 aliphatic carbocycles. The van der Waals surface area contributed by atoms with Gasteiger partial charge in [0.1, 0.15) is 0 Å². The highest BCUT2D eigenvalue weighted by Gasteiger charge is 2.06. The van der Waals surface area contributed by atoms with Crippen molar-refractivity contribution in [1.29, 1.82) is 0 Å². The Hall–Kier alpha value is -0.570. The van der Waals surface area contributed by atoms with Gasteiger partial charge in [0, 0.05) is 16.1 Å². The van der Waals surface area contributed by atoms with Gasteiger partial charge in [0.2, 0.25) is 0 Å². The molecule has 1 amide bonds. The summed E-state index contributed by atoms with van der Waals surface area (Å²) in [5.41, 5.74) is 4.00. The number of hydrazone groups is 1. The lowest BCUT2D eigenvalue weighted by atomic mass is 10.2. The quantitative estimate of drug-likeness (QED) is 0.332. The predicted molar refractivity (Wildman–Crippen MR) is 95.3 cm³/mol. The number of hydrogen-bond donors (Lipinski definition) is 1. The highest BCUT2D eigenvalue weighted by molar-refractivity contribution is 14.1. The Labute approximate surface area is 143 Å². The minimum Gasteiger partial charge on any atom is -0.267 e. The molecule has 2 rings (SSSR count). The van der Waals surface area contributed by atoms with E-state index in [1.807, 2.05) is 12.3 Å². The summed E-state index contributed by atoms with van der Waals surface area (Å²) in [7, 11) is 0. The van der Waals surface area contributed by atoms with E-state index in [0.29, 0.717) is 10.6 Å². The first-order chi connectivity index (χ1) is 9.60. The first kappa shape index (κ1) is 15.8. The Balaban J connectivity index is 2.04. The topological polar surface area (TPSA) is 41.5 Å². The lowest BCUT2D eigenvalue weighted by Crippen LogP contribution is -2.17. The van der Waals surface area contributed by atoms with E-state index in [1.165, 1.54) is 7.09 Å². The normalized spacial score (nSPS) is 10.9. The fourth-order valence-electron chi connectivity index (χ4n) is 1.46. The van der Waals surface area contributed by atoms with Crippen LogP contribution in [-0.2, 0) is 0 Å². The number of hydrogen-bond acceptors (Lipinski definition) is 4. The highest BCUT2D eigenvalue weighted by Crippen LogP contribution is 2.30. The molecule has 1 aromatic heterocycles. The van der Waals surface area contributed by atoms with E-state index >= 15 is 0 Å². The molecule has 0 saturated heterocycles. The number of benzene rings is 1. The second-order valence-electron chi connectivity index (χ2n) is 3.71. The molecule has 0 radical (unpaired) electrons. The van der Waals surface area contributed by atoms with Gasteiger partial charge in [-0.2, -0.15) is 5.10 Å². The van der Waals surface area contributed by atoms with Crippen LogP contribution in [-0.4, -0.2) is 18.4 Å². The van der Waals surface area contributed by atoms with E-state index in [-0.39, 0.29) is 5.91 Å². The molecule has 7 heteroatoms. The molecule has 20 heavy (non-hydrogen) atoms. The fraction of sp³-hybridized carbons (Fsp3) is 0.0769. The van der Waals surface area contributed by atoms with E-state index < -0.39 is 0 Å². The fourth-order valence-corrected chi connectivity index (χ4v) is 4.64.